The van der Waals surface area contributed by atoms with E-state index in [-0.39, 0.29) is 12.7 Å². The van der Waals surface area contributed by atoms with Crippen LogP contribution in [0.25, 0.3) is 0 Å². The monoisotopic (exact) mass is 423 g/mol. The minimum absolute atomic E-state index is 0.209. The van der Waals surface area contributed by atoms with Gasteiger partial charge < -0.3 is 23.6 Å². The third-order valence-corrected chi connectivity index (χ3v) is 6.74. The van der Waals surface area contributed by atoms with E-state index in [1.165, 1.54) is 0 Å². The van der Waals surface area contributed by atoms with Gasteiger partial charge in [-0.3, -0.25) is 4.57 Å². The highest BCUT2D eigenvalue weighted by molar-refractivity contribution is 7.53. The lowest BCUT2D eigenvalue weighted by molar-refractivity contribution is 0.0199. The van der Waals surface area contributed by atoms with Gasteiger partial charge in [0, 0.05) is 32.8 Å². The number of carbonyl (C=O) groups is 1. The molecule has 1 atom stereocenters. The molecule has 1 rings (SSSR count). The van der Waals surface area contributed by atoms with E-state index >= 15 is 0 Å². The normalized spacial score (nSPS) is 17.9. The number of piperazine rings is 1. The Bertz CT molecular complexity index is 484. The summed E-state index contributed by atoms with van der Waals surface area (Å²) in [6, 6.07) is 0. The van der Waals surface area contributed by atoms with Gasteiger partial charge in [0.2, 0.25) is 0 Å². The Labute approximate surface area is 169 Å². The molecule has 1 aliphatic rings. The molecule has 1 saturated heterocycles. The van der Waals surface area contributed by atoms with Crippen molar-refractivity contribution in [1.82, 2.24) is 14.2 Å². The molecular formula is C18H38N3O6P. The molecule has 0 radical (unpaired) electrons. The van der Waals surface area contributed by atoms with E-state index in [0.29, 0.717) is 58.5 Å². The van der Waals surface area contributed by atoms with E-state index in [2.05, 4.69) is 6.92 Å². The first-order chi connectivity index (χ1) is 13.3. The molecule has 0 aromatic carbocycles. The molecule has 0 aliphatic carbocycles. The van der Waals surface area contributed by atoms with Gasteiger partial charge in [0.05, 0.1) is 26.4 Å². The standard InChI is InChI=1S/C18H38N3O6P/c1-6-11-24-12-13-25-14-15-26-18(22)20-7-9-21(10-8-20)28(23,19(4)5)27-16-17(2)3/h17H,6-16H2,1-5H3. The third-order valence-electron chi connectivity index (χ3n) is 4.13. The Morgan fingerprint density at radius 2 is 1.57 bits per heavy atom. The Kier molecular flexibility index (Phi) is 12.2. The fourth-order valence-electron chi connectivity index (χ4n) is 2.57. The molecule has 0 saturated carbocycles. The second kappa shape index (κ2) is 13.5. The predicted octanol–water partition coefficient (Wildman–Crippen LogP) is 2.53. The van der Waals surface area contributed by atoms with Gasteiger partial charge in [-0.2, -0.15) is 0 Å². The van der Waals surface area contributed by atoms with Crippen LogP contribution >= 0.6 is 7.67 Å². The first kappa shape index (κ1) is 25.3. The van der Waals surface area contributed by atoms with E-state index in [4.69, 9.17) is 18.7 Å². The van der Waals surface area contributed by atoms with Crippen molar-refractivity contribution in [3.05, 3.63) is 0 Å². The molecule has 1 fully saturated rings. The van der Waals surface area contributed by atoms with Gasteiger partial charge in [0.15, 0.2) is 0 Å². The summed E-state index contributed by atoms with van der Waals surface area (Å²) < 4.78 is 38.4. The zero-order chi connectivity index (χ0) is 21.0. The Morgan fingerprint density at radius 3 is 2.11 bits per heavy atom. The largest absolute Gasteiger partial charge is 0.447 e. The summed E-state index contributed by atoms with van der Waals surface area (Å²) in [5.41, 5.74) is 0. The highest BCUT2D eigenvalue weighted by Gasteiger charge is 2.38. The van der Waals surface area contributed by atoms with Crippen molar-refractivity contribution in [1.29, 1.82) is 0 Å². The molecule has 166 valence electrons. The molecule has 0 aromatic heterocycles. The van der Waals surface area contributed by atoms with Gasteiger partial charge in [0.25, 0.3) is 0 Å². The summed E-state index contributed by atoms with van der Waals surface area (Å²) in [7, 11) is 0.455. The second-order valence-electron chi connectivity index (χ2n) is 7.31. The first-order valence-corrected chi connectivity index (χ1v) is 11.6. The summed E-state index contributed by atoms with van der Waals surface area (Å²) in [5, 5.41) is 0. The van der Waals surface area contributed by atoms with Crippen LogP contribution in [0.15, 0.2) is 0 Å². The van der Waals surface area contributed by atoms with Crippen molar-refractivity contribution in [3.63, 3.8) is 0 Å². The van der Waals surface area contributed by atoms with E-state index in [9.17, 15) is 9.36 Å². The molecular weight excluding hydrogens is 385 g/mol. The number of rotatable bonds is 13. The molecule has 0 aromatic rings. The van der Waals surface area contributed by atoms with Gasteiger partial charge in [-0.25, -0.2) is 14.1 Å². The highest BCUT2D eigenvalue weighted by atomic mass is 31.2. The van der Waals surface area contributed by atoms with Crippen LogP contribution in [0.2, 0.25) is 0 Å². The summed E-state index contributed by atoms with van der Waals surface area (Å²) >= 11 is 0. The molecule has 1 amide bonds. The quantitative estimate of drug-likeness (QED) is 0.330. The highest BCUT2D eigenvalue weighted by Crippen LogP contribution is 2.53. The lowest BCUT2D eigenvalue weighted by Gasteiger charge is -2.40. The number of nitrogens with zero attached hydrogens (tertiary/aromatic N) is 3. The summed E-state index contributed by atoms with van der Waals surface area (Å²) in [4.78, 5) is 13.8. The van der Waals surface area contributed by atoms with Crippen molar-refractivity contribution in [2.45, 2.75) is 27.2 Å². The predicted molar refractivity (Wildman–Crippen MR) is 109 cm³/mol. The maximum Gasteiger partial charge on any atom is 0.409 e. The van der Waals surface area contributed by atoms with Crippen LogP contribution in [-0.2, 0) is 23.3 Å². The van der Waals surface area contributed by atoms with Crippen LogP contribution in [0.5, 0.6) is 0 Å². The van der Waals surface area contributed by atoms with E-state index in [0.717, 1.165) is 13.0 Å². The second-order valence-corrected chi connectivity index (χ2v) is 9.91. The van der Waals surface area contributed by atoms with E-state index in [1.807, 2.05) is 18.5 Å². The SMILES string of the molecule is CCCOCCOCCOC(=O)N1CCN(P(=O)(OCC(C)C)N(C)C)CC1. The minimum Gasteiger partial charge on any atom is -0.447 e. The number of carbonyl (C=O) groups excluding carboxylic acids is 1. The summed E-state index contributed by atoms with van der Waals surface area (Å²) in [5.74, 6) is 0.296. The Morgan fingerprint density at radius 1 is 1.00 bits per heavy atom. The van der Waals surface area contributed by atoms with Crippen LogP contribution in [0.4, 0.5) is 4.79 Å². The zero-order valence-electron chi connectivity index (χ0n) is 18.1. The van der Waals surface area contributed by atoms with E-state index < -0.39 is 7.67 Å². The maximum absolute atomic E-state index is 13.3. The summed E-state index contributed by atoms with van der Waals surface area (Å²) in [6.45, 7) is 10.7. The molecule has 9 nitrogen and oxygen atoms in total. The first-order valence-electron chi connectivity index (χ1n) is 10.1. The smallest absolute Gasteiger partial charge is 0.409 e. The molecule has 0 bridgehead atoms. The lowest BCUT2D eigenvalue weighted by atomic mass is 10.2. The van der Waals surface area contributed by atoms with Crippen LogP contribution in [0.1, 0.15) is 27.2 Å². The van der Waals surface area contributed by atoms with Crippen LogP contribution in [0.3, 0.4) is 0 Å². The van der Waals surface area contributed by atoms with Crippen molar-refractivity contribution < 1.29 is 28.1 Å². The fourth-order valence-corrected chi connectivity index (χ4v) is 4.65. The average molecular weight is 423 g/mol. The molecule has 0 spiro atoms. The number of hydrogen-bond donors (Lipinski definition) is 0. The molecule has 1 unspecified atom stereocenters. The maximum atomic E-state index is 13.3. The van der Waals surface area contributed by atoms with Crippen molar-refractivity contribution >= 4 is 13.8 Å². The van der Waals surface area contributed by atoms with E-state index in [1.54, 1.807) is 23.7 Å². The Balaban J connectivity index is 2.30. The van der Waals surface area contributed by atoms with Gasteiger partial charge in [-0.05, 0) is 26.4 Å². The third kappa shape index (κ3) is 8.76. The molecule has 28 heavy (non-hydrogen) atoms. The van der Waals surface area contributed by atoms with Gasteiger partial charge in [-0.1, -0.05) is 20.8 Å². The average Bonchev–Trinajstić information content (AvgIpc) is 2.67. The molecule has 1 heterocycles. The van der Waals surface area contributed by atoms with Crippen LogP contribution in [0, 0.1) is 5.92 Å². The van der Waals surface area contributed by atoms with Crippen molar-refractivity contribution in [3.8, 4) is 0 Å². The molecule has 0 N–H and O–H groups in total. The minimum atomic E-state index is -3.06. The zero-order valence-corrected chi connectivity index (χ0v) is 19.0. The van der Waals surface area contributed by atoms with Crippen LogP contribution in [-0.4, -0.2) is 100 Å². The van der Waals surface area contributed by atoms with Crippen LogP contribution < -0.4 is 0 Å². The lowest BCUT2D eigenvalue weighted by Crippen LogP contribution is -2.49. The van der Waals surface area contributed by atoms with Gasteiger partial charge in [-0.15, -0.1) is 0 Å². The molecule has 10 heteroatoms. The van der Waals surface area contributed by atoms with Gasteiger partial charge in [0.1, 0.15) is 6.61 Å². The Hall–Kier alpha value is -0.700. The van der Waals surface area contributed by atoms with Crippen molar-refractivity contribution in [2.75, 3.05) is 79.9 Å². The topological polar surface area (TPSA) is 80.8 Å². The molecule has 1 aliphatic heterocycles. The number of ether oxygens (including phenoxy) is 3. The number of amides is 1. The summed E-state index contributed by atoms with van der Waals surface area (Å²) in [6.07, 6.45) is 0.618. The van der Waals surface area contributed by atoms with Gasteiger partial charge >= 0.3 is 13.8 Å². The fraction of sp³-hybridized carbons (Fsp3) is 0.944. The van der Waals surface area contributed by atoms with Crippen molar-refractivity contribution in [2.24, 2.45) is 5.92 Å². The number of hydrogen-bond acceptors (Lipinski definition) is 6.